The summed E-state index contributed by atoms with van der Waals surface area (Å²) in [6.45, 7) is 2.51. The standard InChI is InChI=1S/C16H24N2O3/c1-18(12-15(19)13-20-2)9-10-21-16-7-3-5-14(11-16)6-4-8-17/h3,5,7,11,15,19H,8-10,12-13,17H2,1-2H3. The summed E-state index contributed by atoms with van der Waals surface area (Å²) in [6.07, 6.45) is -0.477. The van der Waals surface area contributed by atoms with Crippen LogP contribution < -0.4 is 10.5 Å². The van der Waals surface area contributed by atoms with E-state index in [1.165, 1.54) is 0 Å². The molecule has 0 aliphatic heterocycles. The Labute approximate surface area is 126 Å². The Morgan fingerprint density at radius 2 is 2.24 bits per heavy atom. The third kappa shape index (κ3) is 7.69. The van der Waals surface area contributed by atoms with Gasteiger partial charge >= 0.3 is 0 Å². The maximum Gasteiger partial charge on any atom is 0.120 e. The molecule has 0 aromatic heterocycles. The smallest absolute Gasteiger partial charge is 0.120 e. The molecular formula is C16H24N2O3. The number of benzene rings is 1. The van der Waals surface area contributed by atoms with Gasteiger partial charge in [0.1, 0.15) is 12.4 Å². The van der Waals surface area contributed by atoms with Crippen LogP contribution in [0, 0.1) is 11.8 Å². The molecule has 1 rings (SSSR count). The molecule has 5 nitrogen and oxygen atoms in total. The summed E-state index contributed by atoms with van der Waals surface area (Å²) in [4.78, 5) is 2.00. The Morgan fingerprint density at radius 3 is 2.95 bits per heavy atom. The summed E-state index contributed by atoms with van der Waals surface area (Å²) in [5.74, 6) is 6.57. The van der Waals surface area contributed by atoms with Crippen molar-refractivity contribution in [3.05, 3.63) is 29.8 Å². The highest BCUT2D eigenvalue weighted by atomic mass is 16.5. The lowest BCUT2D eigenvalue weighted by Gasteiger charge is -2.20. The summed E-state index contributed by atoms with van der Waals surface area (Å²) in [6, 6.07) is 7.61. The third-order valence-electron chi connectivity index (χ3n) is 2.79. The maximum atomic E-state index is 9.62. The quantitative estimate of drug-likeness (QED) is 0.675. The van der Waals surface area contributed by atoms with Crippen LogP contribution in [0.5, 0.6) is 5.75 Å². The van der Waals surface area contributed by atoms with Crippen molar-refractivity contribution in [2.24, 2.45) is 5.73 Å². The first-order valence-electron chi connectivity index (χ1n) is 6.93. The van der Waals surface area contributed by atoms with Gasteiger partial charge in [0.15, 0.2) is 0 Å². The Hall–Kier alpha value is -1.58. The van der Waals surface area contributed by atoms with E-state index in [0.717, 1.165) is 17.9 Å². The van der Waals surface area contributed by atoms with E-state index in [1.54, 1.807) is 7.11 Å². The topological polar surface area (TPSA) is 68.0 Å². The first kappa shape index (κ1) is 17.5. The molecule has 0 saturated carbocycles. The van der Waals surface area contributed by atoms with E-state index in [1.807, 2.05) is 36.2 Å². The number of hydrogen-bond donors (Lipinski definition) is 2. The molecule has 116 valence electrons. The van der Waals surface area contributed by atoms with Crippen molar-refractivity contribution in [3.8, 4) is 17.6 Å². The van der Waals surface area contributed by atoms with Crippen LogP contribution in [0.1, 0.15) is 5.56 Å². The monoisotopic (exact) mass is 292 g/mol. The van der Waals surface area contributed by atoms with Crippen LogP contribution in [0.2, 0.25) is 0 Å². The first-order valence-corrected chi connectivity index (χ1v) is 6.93. The van der Waals surface area contributed by atoms with E-state index in [2.05, 4.69) is 11.8 Å². The number of aliphatic hydroxyl groups excluding tert-OH is 1. The predicted molar refractivity (Wildman–Crippen MR) is 83.2 cm³/mol. The number of likely N-dealkylation sites (N-methyl/N-ethyl adjacent to an activating group) is 1. The zero-order chi connectivity index (χ0) is 15.5. The summed E-state index contributed by atoms with van der Waals surface area (Å²) < 4.78 is 10.6. The van der Waals surface area contributed by atoms with Gasteiger partial charge in [0.2, 0.25) is 0 Å². The van der Waals surface area contributed by atoms with Crippen LogP contribution in [0.3, 0.4) is 0 Å². The van der Waals surface area contributed by atoms with Crippen LogP contribution in [-0.2, 0) is 4.74 Å². The molecule has 5 heteroatoms. The van der Waals surface area contributed by atoms with E-state index in [-0.39, 0.29) is 0 Å². The van der Waals surface area contributed by atoms with Crippen molar-refractivity contribution in [2.75, 3.05) is 47.0 Å². The van der Waals surface area contributed by atoms with Crippen LogP contribution in [0.25, 0.3) is 0 Å². The number of hydrogen-bond acceptors (Lipinski definition) is 5. The number of nitrogens with zero attached hydrogens (tertiary/aromatic N) is 1. The van der Waals surface area contributed by atoms with Crippen LogP contribution >= 0.6 is 0 Å². The lowest BCUT2D eigenvalue weighted by Crippen LogP contribution is -2.34. The van der Waals surface area contributed by atoms with Gasteiger partial charge in [-0.05, 0) is 25.2 Å². The van der Waals surface area contributed by atoms with Crippen LogP contribution in [-0.4, -0.2) is 63.1 Å². The molecule has 3 N–H and O–H groups in total. The number of ether oxygens (including phenoxy) is 2. The lowest BCUT2D eigenvalue weighted by atomic mass is 10.2. The van der Waals surface area contributed by atoms with Gasteiger partial charge in [-0.3, -0.25) is 0 Å². The number of aliphatic hydroxyl groups is 1. The van der Waals surface area contributed by atoms with E-state index in [9.17, 15) is 5.11 Å². The molecule has 1 atom stereocenters. The minimum Gasteiger partial charge on any atom is -0.492 e. The molecule has 0 saturated heterocycles. The molecule has 0 aliphatic rings. The SMILES string of the molecule is COCC(O)CN(C)CCOc1cccc(C#CCN)c1. The second-order valence-corrected chi connectivity index (χ2v) is 4.75. The average Bonchev–Trinajstić information content (AvgIpc) is 2.45. The van der Waals surface area contributed by atoms with Crippen molar-refractivity contribution < 1.29 is 14.6 Å². The fourth-order valence-corrected chi connectivity index (χ4v) is 1.83. The lowest BCUT2D eigenvalue weighted by molar-refractivity contribution is 0.0410. The molecule has 0 amide bonds. The molecular weight excluding hydrogens is 268 g/mol. The zero-order valence-electron chi connectivity index (χ0n) is 12.7. The molecule has 0 heterocycles. The number of rotatable bonds is 8. The van der Waals surface area contributed by atoms with E-state index < -0.39 is 6.10 Å². The summed E-state index contributed by atoms with van der Waals surface area (Å²) >= 11 is 0. The molecule has 0 bridgehead atoms. The highest BCUT2D eigenvalue weighted by Crippen LogP contribution is 2.12. The molecule has 1 aromatic carbocycles. The minimum absolute atomic E-state index is 0.340. The summed E-state index contributed by atoms with van der Waals surface area (Å²) in [5, 5.41) is 9.62. The van der Waals surface area contributed by atoms with Gasteiger partial charge in [0.25, 0.3) is 0 Å². The molecule has 0 aliphatic carbocycles. The molecule has 21 heavy (non-hydrogen) atoms. The third-order valence-corrected chi connectivity index (χ3v) is 2.79. The molecule has 1 unspecified atom stereocenters. The Morgan fingerprint density at radius 1 is 1.43 bits per heavy atom. The Kier molecular flexibility index (Phi) is 8.48. The maximum absolute atomic E-state index is 9.62. The van der Waals surface area contributed by atoms with Gasteiger partial charge in [0.05, 0.1) is 19.3 Å². The van der Waals surface area contributed by atoms with Crippen molar-refractivity contribution in [2.45, 2.75) is 6.10 Å². The van der Waals surface area contributed by atoms with E-state index in [4.69, 9.17) is 15.2 Å². The van der Waals surface area contributed by atoms with Crippen molar-refractivity contribution >= 4 is 0 Å². The van der Waals surface area contributed by atoms with Gasteiger partial charge in [-0.15, -0.1) is 0 Å². The number of nitrogens with two attached hydrogens (primary N) is 1. The second-order valence-electron chi connectivity index (χ2n) is 4.75. The fourth-order valence-electron chi connectivity index (χ4n) is 1.83. The first-order chi connectivity index (χ1) is 10.2. The highest BCUT2D eigenvalue weighted by molar-refractivity contribution is 5.39. The zero-order valence-corrected chi connectivity index (χ0v) is 12.7. The molecule has 0 spiro atoms. The van der Waals surface area contributed by atoms with Crippen molar-refractivity contribution in [1.82, 2.24) is 4.90 Å². The normalized spacial score (nSPS) is 11.9. The van der Waals surface area contributed by atoms with Crippen molar-refractivity contribution in [3.63, 3.8) is 0 Å². The van der Waals surface area contributed by atoms with Gasteiger partial charge < -0.3 is 25.2 Å². The highest BCUT2D eigenvalue weighted by Gasteiger charge is 2.07. The largest absolute Gasteiger partial charge is 0.492 e. The summed E-state index contributed by atoms with van der Waals surface area (Å²) in [5.41, 5.74) is 6.24. The summed E-state index contributed by atoms with van der Waals surface area (Å²) in [7, 11) is 3.51. The molecule has 1 aromatic rings. The van der Waals surface area contributed by atoms with Crippen molar-refractivity contribution in [1.29, 1.82) is 0 Å². The predicted octanol–water partition coefficient (Wildman–Crippen LogP) is 0.315. The van der Waals surface area contributed by atoms with E-state index >= 15 is 0 Å². The van der Waals surface area contributed by atoms with Gasteiger partial charge in [-0.25, -0.2) is 0 Å². The average molecular weight is 292 g/mol. The second kappa shape index (κ2) is 10.2. The fraction of sp³-hybridized carbons (Fsp3) is 0.500. The number of methoxy groups -OCH3 is 1. The van der Waals surface area contributed by atoms with Crippen LogP contribution in [0.15, 0.2) is 24.3 Å². The van der Waals surface area contributed by atoms with E-state index in [0.29, 0.717) is 26.3 Å². The van der Waals surface area contributed by atoms with Crippen LogP contribution in [0.4, 0.5) is 0 Å². The van der Waals surface area contributed by atoms with Gasteiger partial charge in [-0.2, -0.15) is 0 Å². The van der Waals surface area contributed by atoms with Gasteiger partial charge in [-0.1, -0.05) is 17.9 Å². The molecule has 0 radical (unpaired) electrons. The van der Waals surface area contributed by atoms with Gasteiger partial charge in [0, 0.05) is 25.8 Å². The minimum atomic E-state index is -0.477. The Balaban J connectivity index is 2.35. The Bertz CT molecular complexity index is 468. The molecule has 0 fully saturated rings.